The lowest BCUT2D eigenvalue weighted by molar-refractivity contribution is -0.123. The maximum absolute atomic E-state index is 11.7. The summed E-state index contributed by atoms with van der Waals surface area (Å²) in [6.45, 7) is 3.34. The molecule has 94 heavy (non-hydrogen) atoms. The van der Waals surface area contributed by atoms with Gasteiger partial charge in [-0.2, -0.15) is 0 Å². The lowest BCUT2D eigenvalue weighted by Gasteiger charge is -2.38. The summed E-state index contributed by atoms with van der Waals surface area (Å²) in [4.78, 5) is 80.6. The van der Waals surface area contributed by atoms with Crippen molar-refractivity contribution >= 4 is 43.1 Å². The molecule has 0 saturated heterocycles. The van der Waals surface area contributed by atoms with Gasteiger partial charge in [0.1, 0.15) is 17.3 Å². The smallest absolute Gasteiger partial charge is 0.298 e. The molecule has 0 bridgehead atoms. The van der Waals surface area contributed by atoms with Crippen LogP contribution in [0.4, 0.5) is 0 Å². The van der Waals surface area contributed by atoms with Gasteiger partial charge in [0.15, 0.2) is 46.0 Å². The topological polar surface area (TPSA) is 286 Å². The van der Waals surface area contributed by atoms with E-state index < -0.39 is 0 Å². The van der Waals surface area contributed by atoms with E-state index in [1.165, 1.54) is 58.8 Å². The Morgan fingerprint density at radius 3 is 1.23 bits per heavy atom. The highest BCUT2D eigenvalue weighted by atomic mass is 16.5. The van der Waals surface area contributed by atoms with E-state index in [4.69, 9.17) is 38.3 Å². The number of benzene rings is 4. The number of allylic oxidation sites excluding steroid dienone is 2. The number of ether oxygens (including phenoxy) is 6. The summed E-state index contributed by atoms with van der Waals surface area (Å²) in [5.74, 6) is 4.81. The molecule has 12 rings (SSSR count). The Labute approximate surface area is 549 Å². The minimum atomic E-state index is -0.250. The molecule has 2 amide bonds. The summed E-state index contributed by atoms with van der Waals surface area (Å²) in [6, 6.07) is 22.5. The van der Waals surface area contributed by atoms with Gasteiger partial charge in [-0.05, 0) is 184 Å². The molecule has 4 aliphatic carbocycles. The number of amides is 2. The van der Waals surface area contributed by atoms with Gasteiger partial charge in [0.2, 0.25) is 12.8 Å². The van der Waals surface area contributed by atoms with Crippen molar-refractivity contribution < 1.29 is 82.4 Å². The molecule has 4 unspecified atom stereocenters. The number of carbonyl (C=O) groups excluding carboxylic acids is 6. The van der Waals surface area contributed by atoms with Crippen molar-refractivity contribution in [2.45, 2.75) is 146 Å². The third-order valence-corrected chi connectivity index (χ3v) is 18.8. The molecule has 0 radical (unpaired) electrons. The Hall–Kier alpha value is -9.21. The summed E-state index contributed by atoms with van der Waals surface area (Å²) in [5.41, 5.74) is 14.7. The minimum absolute atomic E-state index is 0.0165. The molecule has 502 valence electrons. The second-order valence-electron chi connectivity index (χ2n) is 24.3. The molecular formula is C73H88N4O17. The second kappa shape index (κ2) is 34.6. The molecule has 4 atom stereocenters. The first-order chi connectivity index (χ1) is 45.6. The van der Waals surface area contributed by atoms with Crippen LogP contribution in [0.15, 0.2) is 129 Å². The van der Waals surface area contributed by atoms with Crippen LogP contribution in [0.2, 0.25) is 0 Å². The van der Waals surface area contributed by atoms with Crippen molar-refractivity contribution in [3.05, 3.63) is 151 Å². The van der Waals surface area contributed by atoms with Crippen LogP contribution in [0.5, 0.6) is 46.0 Å². The van der Waals surface area contributed by atoms with Gasteiger partial charge >= 0.3 is 0 Å². The number of methoxy groups -OCH3 is 5. The number of carbonyl (C=O) groups is 7. The van der Waals surface area contributed by atoms with Crippen LogP contribution in [-0.4, -0.2) is 159 Å². The molecule has 21 heteroatoms. The van der Waals surface area contributed by atoms with E-state index in [1.54, 1.807) is 68.7 Å². The molecule has 0 saturated carbocycles. The number of Topliss-reactive ketones (excluding diaryl/α,β-unsaturated/α-hetero) is 3. The van der Waals surface area contributed by atoms with Gasteiger partial charge in [0.05, 0.1) is 53.4 Å². The summed E-state index contributed by atoms with van der Waals surface area (Å²) < 4.78 is 30.8. The molecule has 4 aliphatic heterocycles. The number of hydrogen-bond acceptors (Lipinski definition) is 18. The predicted molar refractivity (Wildman–Crippen MR) is 351 cm³/mol. The van der Waals surface area contributed by atoms with Gasteiger partial charge in [-0.25, -0.2) is 0 Å². The highest BCUT2D eigenvalue weighted by Gasteiger charge is 2.35. The van der Waals surface area contributed by atoms with Crippen LogP contribution in [0.3, 0.4) is 0 Å². The summed E-state index contributed by atoms with van der Waals surface area (Å²) in [5, 5.41) is 43.8. The van der Waals surface area contributed by atoms with E-state index in [9.17, 15) is 44.1 Å². The normalized spacial score (nSPS) is 20.6. The minimum Gasteiger partial charge on any atom is -0.504 e. The SMILES string of the molecule is COC1=CCC2=C(CCNC2Cc2ccc(OC)c(O)c2)C1.COc1ccc(CC2C3=C(CCN2C=O)CC(=O)CC3)cc1O.COc1ccc(CC2C3=C(CCN2C=O)CC(=O)CC3)cc1OC=O.COc1ccc(CC2NCCC3=C2CCC(=O)C3)cc1O.O=CO. The van der Waals surface area contributed by atoms with Crippen molar-refractivity contribution in [2.75, 3.05) is 61.7 Å². The predicted octanol–water partition coefficient (Wildman–Crippen LogP) is 9.26. The van der Waals surface area contributed by atoms with Crippen LogP contribution >= 0.6 is 0 Å². The zero-order valence-corrected chi connectivity index (χ0v) is 54.4. The number of carboxylic acid groups (broad SMARTS) is 1. The highest BCUT2D eigenvalue weighted by molar-refractivity contribution is 5.84. The number of phenolic OH excluding ortho intramolecular Hbond substituents is 3. The largest absolute Gasteiger partial charge is 0.504 e. The zero-order chi connectivity index (χ0) is 67.3. The monoisotopic (exact) mass is 1290 g/mol. The van der Waals surface area contributed by atoms with Gasteiger partial charge in [-0.1, -0.05) is 52.1 Å². The second-order valence-corrected chi connectivity index (χ2v) is 24.3. The highest BCUT2D eigenvalue weighted by Crippen LogP contribution is 2.40. The molecule has 6 N–H and O–H groups in total. The van der Waals surface area contributed by atoms with Crippen molar-refractivity contribution in [1.29, 1.82) is 0 Å². The van der Waals surface area contributed by atoms with Gasteiger partial charge in [-0.15, -0.1) is 0 Å². The van der Waals surface area contributed by atoms with E-state index >= 15 is 0 Å². The van der Waals surface area contributed by atoms with E-state index in [1.807, 2.05) is 35.2 Å². The van der Waals surface area contributed by atoms with Gasteiger partial charge in [0, 0.05) is 70.1 Å². The average Bonchev–Trinajstić information content (AvgIpc) is 0.818. The lowest BCUT2D eigenvalue weighted by atomic mass is 9.80. The van der Waals surface area contributed by atoms with Gasteiger partial charge in [0.25, 0.3) is 12.9 Å². The Morgan fingerprint density at radius 2 is 0.830 bits per heavy atom. The average molecular weight is 1290 g/mol. The standard InChI is InChI=1S/C19H21NO5.C18H21NO4.C18H23NO3.C17H21NO3.CH2O2/c1-24-18-5-2-13(9-19(18)25-12-22)8-17-16-4-3-15(23)10-14(16)6-7-20(17)11-21;1-23-18-5-2-12(9-17(18)22)8-16-15-4-3-14(21)10-13(15)6-7-19(16)11-20;1-21-14-4-5-15-13(11-14)7-8-19-16(15)9-12-3-6-18(22-2)17(20)10-12;1-21-17-5-2-11(9-16(17)20)8-15-14-4-3-13(19)10-12(14)6-7-18-15;2-1-3/h2,5,9,11-12,17H,3-4,6-8,10H2,1H3;2,5,9,11,16,22H,3-4,6-8,10H2,1H3;3-4,6,10,16,19-20H,5,7-9,11H2,1-2H3;2,5,9,15,18,20H,3-4,6-8,10H2,1H3;1H,(H,2,3). The van der Waals surface area contributed by atoms with Gasteiger partial charge in [-0.3, -0.25) is 33.6 Å². The van der Waals surface area contributed by atoms with Crippen LogP contribution in [0, 0.1) is 0 Å². The number of phenols is 3. The molecule has 4 aromatic rings. The van der Waals surface area contributed by atoms with Crippen molar-refractivity contribution in [2.24, 2.45) is 0 Å². The summed E-state index contributed by atoms with van der Waals surface area (Å²) in [7, 11) is 7.89. The first-order valence-corrected chi connectivity index (χ1v) is 32.0. The third kappa shape index (κ3) is 18.3. The Bertz CT molecular complexity index is 3570. The van der Waals surface area contributed by atoms with Crippen LogP contribution in [0.1, 0.15) is 119 Å². The number of aromatic hydroxyl groups is 3. The number of nitrogens with one attached hydrogen (secondary N) is 2. The molecule has 0 spiro atoms. The third-order valence-electron chi connectivity index (χ3n) is 18.8. The molecule has 4 aromatic carbocycles. The maximum atomic E-state index is 11.7. The first-order valence-electron chi connectivity index (χ1n) is 32.0. The summed E-state index contributed by atoms with van der Waals surface area (Å²) in [6.07, 6.45) is 18.3. The fourth-order valence-corrected chi connectivity index (χ4v) is 14.1. The quantitative estimate of drug-likeness (QED) is 0.0424. The lowest BCUT2D eigenvalue weighted by Crippen LogP contribution is -2.43. The molecule has 0 fully saturated rings. The first kappa shape index (κ1) is 70.7. The molecule has 4 heterocycles. The molecule has 8 aliphatic rings. The van der Waals surface area contributed by atoms with Crippen LogP contribution in [-0.2, 0) is 64.0 Å². The molecule has 0 aromatic heterocycles. The van der Waals surface area contributed by atoms with Crippen LogP contribution in [0.25, 0.3) is 0 Å². The summed E-state index contributed by atoms with van der Waals surface area (Å²) >= 11 is 0. The van der Waals surface area contributed by atoms with E-state index in [0.717, 1.165) is 125 Å². The fraction of sp³-hybridized carbons (Fsp3) is 0.438. The number of nitrogens with zero attached hydrogens (tertiary/aromatic N) is 2. The van der Waals surface area contributed by atoms with Gasteiger partial charge < -0.3 is 69.3 Å². The van der Waals surface area contributed by atoms with Crippen molar-refractivity contribution in [3.8, 4) is 46.0 Å². The molecular weight excluding hydrogens is 1200 g/mol. The molecule has 21 nitrogen and oxygen atoms in total. The number of ketones is 3. The van der Waals surface area contributed by atoms with Crippen molar-refractivity contribution in [1.82, 2.24) is 20.4 Å². The van der Waals surface area contributed by atoms with Crippen LogP contribution < -0.4 is 34.3 Å². The fourth-order valence-electron chi connectivity index (χ4n) is 14.1. The van der Waals surface area contributed by atoms with E-state index in [2.05, 4.69) is 16.7 Å². The Balaban J connectivity index is 0.000000159. The van der Waals surface area contributed by atoms with E-state index in [-0.39, 0.29) is 47.6 Å². The maximum Gasteiger partial charge on any atom is 0.298 e. The number of hydrogen-bond donors (Lipinski definition) is 6. The van der Waals surface area contributed by atoms with Crippen molar-refractivity contribution in [3.63, 3.8) is 0 Å². The Kier molecular flexibility index (Phi) is 26.0. The Morgan fingerprint density at radius 1 is 0.447 bits per heavy atom. The zero-order valence-electron chi connectivity index (χ0n) is 54.4. The van der Waals surface area contributed by atoms with E-state index in [0.29, 0.717) is 117 Å². The number of rotatable bonds is 17.